The summed E-state index contributed by atoms with van der Waals surface area (Å²) in [6.07, 6.45) is 3.70. The van der Waals surface area contributed by atoms with Crippen molar-refractivity contribution in [1.29, 1.82) is 0 Å². The van der Waals surface area contributed by atoms with Gasteiger partial charge in [0.25, 0.3) is 0 Å². The lowest BCUT2D eigenvalue weighted by Crippen LogP contribution is -2.17. The normalized spacial score (nSPS) is 11.0. The van der Waals surface area contributed by atoms with Gasteiger partial charge in [-0.15, -0.1) is 0 Å². The molecule has 5 N–H and O–H groups in total. The van der Waals surface area contributed by atoms with E-state index in [0.717, 1.165) is 24.9 Å². The Hall–Kier alpha value is -1.92. The molecule has 0 spiro atoms. The van der Waals surface area contributed by atoms with Gasteiger partial charge in [-0.3, -0.25) is 10.0 Å². The molecular formula is C15H24N2O4. The molecule has 0 aromatic heterocycles. The van der Waals surface area contributed by atoms with Gasteiger partial charge >= 0.3 is 0 Å². The third kappa shape index (κ3) is 12.8. The van der Waals surface area contributed by atoms with Crippen LogP contribution in [0.5, 0.6) is 0 Å². The average molecular weight is 296 g/mol. The minimum absolute atomic E-state index is 0.312. The summed E-state index contributed by atoms with van der Waals surface area (Å²) in [5.74, 6) is -0.377. The zero-order valence-corrected chi connectivity index (χ0v) is 12.1. The Kier molecular flexibility index (Phi) is 11.9. The summed E-state index contributed by atoms with van der Waals surface area (Å²) < 4.78 is 0. The van der Waals surface area contributed by atoms with Crippen LogP contribution in [0.1, 0.15) is 38.5 Å². The van der Waals surface area contributed by atoms with Gasteiger partial charge < -0.3 is 15.6 Å². The third-order valence-corrected chi connectivity index (χ3v) is 2.74. The molecule has 0 saturated carbocycles. The Morgan fingerprint density at radius 3 is 2.29 bits per heavy atom. The summed E-state index contributed by atoms with van der Waals surface area (Å²) in [6.45, 7) is 0. The number of hydroxylamine groups is 1. The first-order valence-electron chi connectivity index (χ1n) is 6.97. The fraction of sp³-hybridized carbons (Fsp3) is 0.467. The first kappa shape index (κ1) is 19.1. The van der Waals surface area contributed by atoms with Crippen LogP contribution in [-0.2, 0) is 9.59 Å². The predicted octanol–water partition coefficient (Wildman–Crippen LogP) is 1.66. The summed E-state index contributed by atoms with van der Waals surface area (Å²) in [4.78, 5) is 20.6. The molecule has 6 nitrogen and oxygen atoms in total. The van der Waals surface area contributed by atoms with Gasteiger partial charge in [-0.25, -0.2) is 5.48 Å². The van der Waals surface area contributed by atoms with Crippen molar-refractivity contribution in [1.82, 2.24) is 5.48 Å². The number of nitrogen functional groups attached to an aromatic ring is 1. The lowest BCUT2D eigenvalue weighted by atomic mass is 10.1. The number of nitrogens with one attached hydrogen (secondary N) is 1. The molecule has 118 valence electrons. The Bertz CT molecular complexity index is 385. The van der Waals surface area contributed by atoms with E-state index >= 15 is 0 Å². The van der Waals surface area contributed by atoms with Gasteiger partial charge in [0, 0.05) is 12.1 Å². The van der Waals surface area contributed by atoms with Gasteiger partial charge in [0.1, 0.15) is 12.4 Å². The molecule has 1 amide bonds. The van der Waals surface area contributed by atoms with Crippen LogP contribution in [0.25, 0.3) is 0 Å². The Labute approximate surface area is 124 Å². The van der Waals surface area contributed by atoms with Crippen molar-refractivity contribution >= 4 is 17.9 Å². The van der Waals surface area contributed by atoms with E-state index in [2.05, 4.69) is 0 Å². The van der Waals surface area contributed by atoms with Gasteiger partial charge in [0.15, 0.2) is 0 Å². The number of unbranched alkanes of at least 4 members (excludes halogenated alkanes) is 3. The van der Waals surface area contributed by atoms with Crippen molar-refractivity contribution in [3.63, 3.8) is 0 Å². The van der Waals surface area contributed by atoms with Crippen LogP contribution in [0.3, 0.4) is 0 Å². The topological polar surface area (TPSA) is 113 Å². The quantitative estimate of drug-likeness (QED) is 0.192. The van der Waals surface area contributed by atoms with Crippen molar-refractivity contribution < 1.29 is 19.9 Å². The summed E-state index contributed by atoms with van der Waals surface area (Å²) in [5, 5.41) is 17.0. The van der Waals surface area contributed by atoms with E-state index in [-0.39, 0.29) is 5.91 Å². The highest BCUT2D eigenvalue weighted by Gasteiger charge is 2.01. The molecule has 0 aliphatic carbocycles. The molecule has 0 heterocycles. The zero-order chi connectivity index (χ0) is 15.9. The molecule has 6 heteroatoms. The Morgan fingerprint density at radius 1 is 1.19 bits per heavy atom. The number of para-hydroxylation sites is 1. The maximum absolute atomic E-state index is 10.6. The van der Waals surface area contributed by atoms with E-state index in [9.17, 15) is 9.59 Å². The van der Waals surface area contributed by atoms with Gasteiger partial charge in [-0.2, -0.15) is 0 Å². The van der Waals surface area contributed by atoms with Crippen LogP contribution in [0.4, 0.5) is 5.69 Å². The number of hydrogen-bond acceptors (Lipinski definition) is 5. The molecule has 0 radical (unpaired) electrons. The van der Waals surface area contributed by atoms with E-state index in [0.29, 0.717) is 25.5 Å². The van der Waals surface area contributed by atoms with Gasteiger partial charge in [-0.05, 0) is 25.0 Å². The molecule has 21 heavy (non-hydrogen) atoms. The van der Waals surface area contributed by atoms with Gasteiger partial charge in [0.05, 0.1) is 0 Å². The number of carbonyl (C=O) groups is 2. The molecular weight excluding hydrogens is 272 g/mol. The second-order valence-corrected chi connectivity index (χ2v) is 4.60. The van der Waals surface area contributed by atoms with Crippen LogP contribution in [0, 0.1) is 0 Å². The maximum atomic E-state index is 10.6. The smallest absolute Gasteiger partial charge is 0.243 e. The summed E-state index contributed by atoms with van der Waals surface area (Å²) in [7, 11) is 0. The first-order chi connectivity index (χ1) is 10.1. The number of benzene rings is 1. The maximum Gasteiger partial charge on any atom is 0.243 e. The molecule has 1 rings (SSSR count). The fourth-order valence-corrected chi connectivity index (χ4v) is 1.57. The molecule has 0 saturated heterocycles. The standard InChI is InChI=1S/C9H17NO4.C6H7N/c11-7-8(12)5-3-1-2-4-6-9(13)10-14;7-6-4-2-1-3-5-6/h7-8,12,14H,1-6H2,(H,10,13);1-5H,7H2. The summed E-state index contributed by atoms with van der Waals surface area (Å²) in [6, 6.07) is 9.49. The number of anilines is 1. The number of aldehydes is 1. The van der Waals surface area contributed by atoms with Gasteiger partial charge in [0.2, 0.25) is 5.91 Å². The second-order valence-electron chi connectivity index (χ2n) is 4.60. The Balaban J connectivity index is 0.000000471. The number of carbonyl (C=O) groups excluding carboxylic acids is 2. The molecule has 1 atom stereocenters. The first-order valence-corrected chi connectivity index (χ1v) is 6.97. The van der Waals surface area contributed by atoms with E-state index in [4.69, 9.17) is 16.0 Å². The van der Waals surface area contributed by atoms with Crippen LogP contribution >= 0.6 is 0 Å². The van der Waals surface area contributed by atoms with Crippen LogP contribution in [0.15, 0.2) is 30.3 Å². The summed E-state index contributed by atoms with van der Waals surface area (Å²) >= 11 is 0. The highest BCUT2D eigenvalue weighted by Crippen LogP contribution is 2.06. The molecule has 0 aliphatic heterocycles. The zero-order valence-electron chi connectivity index (χ0n) is 12.1. The van der Waals surface area contributed by atoms with Crippen molar-refractivity contribution in [3.05, 3.63) is 30.3 Å². The number of rotatable bonds is 8. The van der Waals surface area contributed by atoms with Gasteiger partial charge in [-0.1, -0.05) is 37.5 Å². The molecule has 0 bridgehead atoms. The van der Waals surface area contributed by atoms with Crippen molar-refractivity contribution in [2.24, 2.45) is 0 Å². The van der Waals surface area contributed by atoms with Crippen molar-refractivity contribution in [2.45, 2.75) is 44.6 Å². The number of aliphatic hydroxyl groups excluding tert-OH is 1. The minimum atomic E-state index is -0.851. The number of hydrogen-bond donors (Lipinski definition) is 4. The largest absolute Gasteiger partial charge is 0.399 e. The van der Waals surface area contributed by atoms with Crippen molar-refractivity contribution in [2.75, 3.05) is 5.73 Å². The van der Waals surface area contributed by atoms with Crippen LogP contribution < -0.4 is 11.2 Å². The lowest BCUT2D eigenvalue weighted by Gasteiger charge is -2.02. The average Bonchev–Trinajstić information content (AvgIpc) is 2.51. The monoisotopic (exact) mass is 296 g/mol. The van der Waals surface area contributed by atoms with Crippen LogP contribution in [0.2, 0.25) is 0 Å². The lowest BCUT2D eigenvalue weighted by molar-refractivity contribution is -0.129. The molecule has 0 aliphatic rings. The predicted molar refractivity (Wildman–Crippen MR) is 80.6 cm³/mol. The number of amides is 1. The minimum Gasteiger partial charge on any atom is -0.399 e. The van der Waals surface area contributed by atoms with E-state index in [1.807, 2.05) is 30.3 Å². The Morgan fingerprint density at radius 2 is 1.81 bits per heavy atom. The third-order valence-electron chi connectivity index (χ3n) is 2.74. The highest BCUT2D eigenvalue weighted by molar-refractivity contribution is 5.74. The van der Waals surface area contributed by atoms with E-state index in [1.54, 1.807) is 5.48 Å². The molecule has 0 fully saturated rings. The highest BCUT2D eigenvalue weighted by atomic mass is 16.5. The summed E-state index contributed by atoms with van der Waals surface area (Å²) in [5.41, 5.74) is 7.74. The number of aliphatic hydroxyl groups is 1. The molecule has 1 aromatic rings. The SMILES string of the molecule is Nc1ccccc1.O=CC(O)CCCCCCC(=O)NO. The fourth-order valence-electron chi connectivity index (χ4n) is 1.57. The number of nitrogens with two attached hydrogens (primary N) is 1. The van der Waals surface area contributed by atoms with Crippen LogP contribution in [-0.4, -0.2) is 28.6 Å². The molecule has 1 unspecified atom stereocenters. The second kappa shape index (κ2) is 13.1. The molecule has 1 aromatic carbocycles. The van der Waals surface area contributed by atoms with Crippen molar-refractivity contribution in [3.8, 4) is 0 Å². The van der Waals surface area contributed by atoms with E-state index < -0.39 is 6.10 Å². The van der Waals surface area contributed by atoms with E-state index in [1.165, 1.54) is 0 Å².